The van der Waals surface area contributed by atoms with Gasteiger partial charge in [0.15, 0.2) is 6.29 Å². The Labute approximate surface area is 80.3 Å². The predicted molar refractivity (Wildman–Crippen MR) is 50.0 cm³/mol. The van der Waals surface area contributed by atoms with Crippen molar-refractivity contribution in [1.82, 2.24) is 0 Å². The summed E-state index contributed by atoms with van der Waals surface area (Å²) in [5.41, 5.74) is 0.582. The lowest BCUT2D eigenvalue weighted by Gasteiger charge is -1.99. The van der Waals surface area contributed by atoms with Gasteiger partial charge in [-0.25, -0.2) is 0 Å². The second kappa shape index (κ2) is 4.77. The molecule has 0 atom stereocenters. The van der Waals surface area contributed by atoms with E-state index in [0.717, 1.165) is 11.2 Å². The van der Waals surface area contributed by atoms with E-state index >= 15 is 0 Å². The molecule has 1 aromatic heterocycles. The predicted octanol–water partition coefficient (Wildman–Crippen LogP) is 1.67. The van der Waals surface area contributed by atoms with E-state index in [2.05, 4.69) is 0 Å². The highest BCUT2D eigenvalue weighted by Crippen LogP contribution is 2.15. The SMILES string of the molecule is CCOC(=O)Cc1sccc1C=O. The molecule has 0 aliphatic rings. The molecule has 1 aromatic rings. The standard InChI is InChI=1S/C9H10O3S/c1-2-12-9(11)5-8-7(6-10)3-4-13-8/h3-4,6H,2,5H2,1H3. The number of carbonyl (C=O) groups excluding carboxylic acids is 2. The summed E-state index contributed by atoms with van der Waals surface area (Å²) >= 11 is 1.40. The van der Waals surface area contributed by atoms with Gasteiger partial charge in [-0.05, 0) is 18.4 Å². The van der Waals surface area contributed by atoms with Crippen LogP contribution in [0.5, 0.6) is 0 Å². The molecule has 0 bridgehead atoms. The largest absolute Gasteiger partial charge is 0.466 e. The fraction of sp³-hybridized carbons (Fsp3) is 0.333. The molecule has 0 fully saturated rings. The third-order valence-corrected chi connectivity index (χ3v) is 2.45. The Morgan fingerprint density at radius 1 is 1.69 bits per heavy atom. The fourth-order valence-electron chi connectivity index (χ4n) is 0.942. The summed E-state index contributed by atoms with van der Waals surface area (Å²) in [5.74, 6) is -0.284. The van der Waals surface area contributed by atoms with Crippen molar-refractivity contribution in [2.45, 2.75) is 13.3 Å². The lowest BCUT2D eigenvalue weighted by atomic mass is 10.2. The van der Waals surface area contributed by atoms with Gasteiger partial charge in [0.2, 0.25) is 0 Å². The molecule has 1 rings (SSSR count). The first-order chi connectivity index (χ1) is 6.27. The molecule has 0 amide bonds. The van der Waals surface area contributed by atoms with Crippen LogP contribution in [0, 0.1) is 0 Å². The first-order valence-electron chi connectivity index (χ1n) is 3.95. The molecule has 70 valence electrons. The number of hydrogen-bond acceptors (Lipinski definition) is 4. The number of rotatable bonds is 4. The highest BCUT2D eigenvalue weighted by Gasteiger charge is 2.09. The van der Waals surface area contributed by atoms with Crippen LogP contribution in [-0.4, -0.2) is 18.9 Å². The first-order valence-corrected chi connectivity index (χ1v) is 4.83. The highest BCUT2D eigenvalue weighted by molar-refractivity contribution is 7.10. The van der Waals surface area contributed by atoms with Crippen molar-refractivity contribution in [3.05, 3.63) is 21.9 Å². The molecule has 0 aromatic carbocycles. The molecule has 0 unspecified atom stereocenters. The minimum atomic E-state index is -0.284. The van der Waals surface area contributed by atoms with Crippen LogP contribution in [0.2, 0.25) is 0 Å². The van der Waals surface area contributed by atoms with Gasteiger partial charge in [-0.3, -0.25) is 9.59 Å². The van der Waals surface area contributed by atoms with Crippen molar-refractivity contribution in [2.75, 3.05) is 6.61 Å². The number of aldehydes is 1. The van der Waals surface area contributed by atoms with Crippen LogP contribution < -0.4 is 0 Å². The van der Waals surface area contributed by atoms with E-state index in [1.54, 1.807) is 18.4 Å². The second-order valence-corrected chi connectivity index (χ2v) is 3.40. The topological polar surface area (TPSA) is 43.4 Å². The number of carbonyl (C=O) groups is 2. The molecular weight excluding hydrogens is 188 g/mol. The Bertz CT molecular complexity index is 304. The van der Waals surface area contributed by atoms with Crippen LogP contribution in [0.3, 0.4) is 0 Å². The maximum Gasteiger partial charge on any atom is 0.311 e. The smallest absolute Gasteiger partial charge is 0.311 e. The van der Waals surface area contributed by atoms with E-state index in [4.69, 9.17) is 4.74 Å². The molecule has 0 aliphatic heterocycles. The number of esters is 1. The zero-order chi connectivity index (χ0) is 9.68. The van der Waals surface area contributed by atoms with Crippen molar-refractivity contribution >= 4 is 23.6 Å². The summed E-state index contributed by atoms with van der Waals surface area (Å²) in [6.07, 6.45) is 0.949. The summed E-state index contributed by atoms with van der Waals surface area (Å²) in [5, 5.41) is 1.79. The summed E-state index contributed by atoms with van der Waals surface area (Å²) < 4.78 is 4.77. The van der Waals surface area contributed by atoms with Crippen LogP contribution in [0.1, 0.15) is 22.2 Å². The Morgan fingerprint density at radius 3 is 3.08 bits per heavy atom. The molecule has 0 saturated heterocycles. The van der Waals surface area contributed by atoms with Crippen LogP contribution >= 0.6 is 11.3 Å². The lowest BCUT2D eigenvalue weighted by Crippen LogP contribution is -2.07. The normalized spacial score (nSPS) is 9.62. The Kier molecular flexibility index (Phi) is 3.64. The Hall–Kier alpha value is -1.16. The van der Waals surface area contributed by atoms with Crippen LogP contribution in [0.25, 0.3) is 0 Å². The molecular formula is C9H10O3S. The van der Waals surface area contributed by atoms with Gasteiger partial charge in [0.25, 0.3) is 0 Å². The molecule has 0 N–H and O–H groups in total. The number of ether oxygens (including phenoxy) is 1. The zero-order valence-corrected chi connectivity index (χ0v) is 8.10. The summed E-state index contributed by atoms with van der Waals surface area (Å²) in [6, 6.07) is 1.70. The van der Waals surface area contributed by atoms with Crippen LogP contribution in [-0.2, 0) is 16.0 Å². The maximum absolute atomic E-state index is 11.0. The van der Waals surface area contributed by atoms with Crippen molar-refractivity contribution in [2.24, 2.45) is 0 Å². The molecule has 0 spiro atoms. The average molecular weight is 198 g/mol. The van der Waals surface area contributed by atoms with E-state index in [1.807, 2.05) is 0 Å². The Balaban J connectivity index is 2.62. The minimum Gasteiger partial charge on any atom is -0.466 e. The van der Waals surface area contributed by atoms with Crippen LogP contribution in [0.4, 0.5) is 0 Å². The monoisotopic (exact) mass is 198 g/mol. The Morgan fingerprint density at radius 2 is 2.46 bits per heavy atom. The van der Waals surface area contributed by atoms with Gasteiger partial charge in [0.05, 0.1) is 13.0 Å². The first kappa shape index (κ1) is 9.92. The number of hydrogen-bond donors (Lipinski definition) is 0. The van der Waals surface area contributed by atoms with Gasteiger partial charge in [0, 0.05) is 10.4 Å². The van der Waals surface area contributed by atoms with E-state index in [0.29, 0.717) is 12.2 Å². The molecule has 13 heavy (non-hydrogen) atoms. The van der Waals surface area contributed by atoms with E-state index < -0.39 is 0 Å². The van der Waals surface area contributed by atoms with Crippen molar-refractivity contribution in [1.29, 1.82) is 0 Å². The molecule has 1 heterocycles. The van der Waals surface area contributed by atoms with E-state index in [9.17, 15) is 9.59 Å². The van der Waals surface area contributed by atoms with E-state index in [1.165, 1.54) is 11.3 Å². The summed E-state index contributed by atoms with van der Waals surface area (Å²) in [7, 11) is 0. The highest BCUT2D eigenvalue weighted by atomic mass is 32.1. The van der Waals surface area contributed by atoms with Gasteiger partial charge >= 0.3 is 5.97 Å². The fourth-order valence-corrected chi connectivity index (χ4v) is 1.77. The van der Waals surface area contributed by atoms with Crippen molar-refractivity contribution in [3.8, 4) is 0 Å². The quantitative estimate of drug-likeness (QED) is 0.546. The van der Waals surface area contributed by atoms with Crippen LogP contribution in [0.15, 0.2) is 11.4 Å². The third-order valence-electron chi connectivity index (χ3n) is 1.52. The van der Waals surface area contributed by atoms with Gasteiger partial charge in [-0.15, -0.1) is 11.3 Å². The maximum atomic E-state index is 11.0. The van der Waals surface area contributed by atoms with Gasteiger partial charge in [0.1, 0.15) is 0 Å². The molecule has 0 radical (unpaired) electrons. The van der Waals surface area contributed by atoms with Crippen molar-refractivity contribution in [3.63, 3.8) is 0 Å². The average Bonchev–Trinajstić information content (AvgIpc) is 2.52. The third kappa shape index (κ3) is 2.66. The molecule has 4 heteroatoms. The second-order valence-electron chi connectivity index (χ2n) is 2.40. The minimum absolute atomic E-state index is 0.194. The van der Waals surface area contributed by atoms with Gasteiger partial charge < -0.3 is 4.74 Å². The van der Waals surface area contributed by atoms with Gasteiger partial charge in [-0.2, -0.15) is 0 Å². The molecule has 0 aliphatic carbocycles. The number of thiophene rings is 1. The van der Waals surface area contributed by atoms with Gasteiger partial charge in [-0.1, -0.05) is 0 Å². The van der Waals surface area contributed by atoms with Crippen molar-refractivity contribution < 1.29 is 14.3 Å². The summed E-state index contributed by atoms with van der Waals surface area (Å²) in [4.78, 5) is 22.3. The van der Waals surface area contributed by atoms with E-state index in [-0.39, 0.29) is 12.4 Å². The zero-order valence-electron chi connectivity index (χ0n) is 7.28. The summed E-state index contributed by atoms with van der Waals surface area (Å²) in [6.45, 7) is 2.13. The molecule has 3 nitrogen and oxygen atoms in total. The lowest BCUT2D eigenvalue weighted by molar-refractivity contribution is -0.142. The molecule has 0 saturated carbocycles.